The van der Waals surface area contributed by atoms with Crippen LogP contribution < -0.4 is 15.8 Å². The summed E-state index contributed by atoms with van der Waals surface area (Å²) < 4.78 is 30.9. The van der Waals surface area contributed by atoms with E-state index in [1.165, 1.54) is 18.2 Å². The monoisotopic (exact) mass is 397 g/mol. The number of hydrogen-bond donors (Lipinski definition) is 3. The highest BCUT2D eigenvalue weighted by Crippen LogP contribution is 2.28. The number of nitrogens with two attached hydrogens (primary N) is 1. The SMILES string of the molecule is NC(=O)NC(=O)COC(=O)CCNS(=O)(=O)c1c(Cl)cccc1Cl. The molecule has 0 fully saturated rings. The minimum Gasteiger partial charge on any atom is -0.456 e. The van der Waals surface area contributed by atoms with Crippen molar-refractivity contribution in [2.75, 3.05) is 13.2 Å². The van der Waals surface area contributed by atoms with Gasteiger partial charge in [0, 0.05) is 6.54 Å². The minimum atomic E-state index is -4.03. The lowest BCUT2D eigenvalue weighted by Gasteiger charge is -2.09. The first-order chi connectivity index (χ1) is 11.1. The molecule has 1 aromatic rings. The smallest absolute Gasteiger partial charge is 0.318 e. The highest BCUT2D eigenvalue weighted by Gasteiger charge is 2.21. The van der Waals surface area contributed by atoms with Crippen LogP contribution in [0.3, 0.4) is 0 Å². The first-order valence-electron chi connectivity index (χ1n) is 6.32. The fraction of sp³-hybridized carbons (Fsp3) is 0.250. The van der Waals surface area contributed by atoms with E-state index in [1.54, 1.807) is 5.32 Å². The van der Waals surface area contributed by atoms with E-state index < -0.39 is 34.5 Å². The summed E-state index contributed by atoms with van der Waals surface area (Å²) >= 11 is 11.6. The van der Waals surface area contributed by atoms with Gasteiger partial charge in [0.15, 0.2) is 6.61 Å². The van der Waals surface area contributed by atoms with Crippen molar-refractivity contribution in [3.05, 3.63) is 28.2 Å². The van der Waals surface area contributed by atoms with Crippen molar-refractivity contribution < 1.29 is 27.5 Å². The highest BCUT2D eigenvalue weighted by atomic mass is 35.5. The molecule has 0 heterocycles. The molecule has 1 rings (SSSR count). The summed E-state index contributed by atoms with van der Waals surface area (Å²) in [5, 5.41) is 1.56. The fourth-order valence-electron chi connectivity index (χ4n) is 1.49. The number of ether oxygens (including phenoxy) is 1. The lowest BCUT2D eigenvalue weighted by atomic mass is 10.4. The Morgan fingerprint density at radius 1 is 1.17 bits per heavy atom. The van der Waals surface area contributed by atoms with Gasteiger partial charge in [0.05, 0.1) is 16.5 Å². The van der Waals surface area contributed by atoms with Crippen molar-refractivity contribution in [2.24, 2.45) is 5.73 Å². The third kappa shape index (κ3) is 6.32. The summed E-state index contributed by atoms with van der Waals surface area (Å²) in [6.45, 7) is -1.02. The number of halogens is 2. The molecule has 0 spiro atoms. The van der Waals surface area contributed by atoms with E-state index in [4.69, 9.17) is 28.9 Å². The predicted molar refractivity (Wildman–Crippen MR) is 85.0 cm³/mol. The zero-order valence-electron chi connectivity index (χ0n) is 12.0. The van der Waals surface area contributed by atoms with Crippen LogP contribution in [-0.4, -0.2) is 39.5 Å². The third-order valence-electron chi connectivity index (χ3n) is 2.44. The van der Waals surface area contributed by atoms with E-state index in [9.17, 15) is 22.8 Å². The maximum Gasteiger partial charge on any atom is 0.318 e. The summed E-state index contributed by atoms with van der Waals surface area (Å²) in [6.07, 6.45) is -0.356. The van der Waals surface area contributed by atoms with E-state index >= 15 is 0 Å². The molecule has 1 aromatic carbocycles. The number of sulfonamides is 1. The second-order valence-electron chi connectivity index (χ2n) is 4.27. The normalized spacial score (nSPS) is 10.9. The Labute approximate surface area is 147 Å². The number of amides is 3. The van der Waals surface area contributed by atoms with Gasteiger partial charge in [-0.3, -0.25) is 14.9 Å². The van der Waals surface area contributed by atoms with Crippen LogP contribution in [0.2, 0.25) is 10.0 Å². The Morgan fingerprint density at radius 3 is 2.29 bits per heavy atom. The van der Waals surface area contributed by atoms with E-state index in [0.29, 0.717) is 0 Å². The number of imide groups is 1. The molecule has 12 heteroatoms. The summed E-state index contributed by atoms with van der Waals surface area (Å²) in [7, 11) is -4.03. The number of rotatable bonds is 7. The van der Waals surface area contributed by atoms with Gasteiger partial charge >= 0.3 is 12.0 Å². The van der Waals surface area contributed by atoms with E-state index in [-0.39, 0.29) is 27.9 Å². The molecule has 0 saturated carbocycles. The number of carbonyl (C=O) groups excluding carboxylic acids is 3. The van der Waals surface area contributed by atoms with Gasteiger partial charge < -0.3 is 10.5 Å². The molecule has 0 atom stereocenters. The van der Waals surface area contributed by atoms with Crippen LogP contribution in [0, 0.1) is 0 Å². The predicted octanol–water partition coefficient (Wildman–Crippen LogP) is 0.400. The summed E-state index contributed by atoms with van der Waals surface area (Å²) in [6, 6.07) is 3.11. The molecule has 0 radical (unpaired) electrons. The largest absolute Gasteiger partial charge is 0.456 e. The van der Waals surface area contributed by atoms with Crippen molar-refractivity contribution in [1.29, 1.82) is 0 Å². The number of carbonyl (C=O) groups is 3. The number of nitrogens with one attached hydrogen (secondary N) is 2. The van der Waals surface area contributed by atoms with E-state index in [2.05, 4.69) is 9.46 Å². The Kier molecular flexibility index (Phi) is 7.42. The van der Waals surface area contributed by atoms with Crippen LogP contribution in [0.4, 0.5) is 4.79 Å². The first-order valence-corrected chi connectivity index (χ1v) is 8.56. The number of hydrogen-bond acceptors (Lipinski definition) is 6. The van der Waals surface area contributed by atoms with Crippen molar-refractivity contribution in [3.8, 4) is 0 Å². The molecular weight excluding hydrogens is 385 g/mol. The van der Waals surface area contributed by atoms with Gasteiger partial charge in [-0.15, -0.1) is 0 Å². The van der Waals surface area contributed by atoms with Crippen LogP contribution in [0.15, 0.2) is 23.1 Å². The highest BCUT2D eigenvalue weighted by molar-refractivity contribution is 7.89. The Bertz CT molecular complexity index is 733. The molecule has 4 N–H and O–H groups in total. The van der Waals surface area contributed by atoms with E-state index in [0.717, 1.165) is 0 Å². The van der Waals surface area contributed by atoms with Crippen LogP contribution in [-0.2, 0) is 24.3 Å². The fourth-order valence-corrected chi connectivity index (χ4v) is 3.66. The number of benzene rings is 1. The number of esters is 1. The molecular formula is C12H13Cl2N3O6S. The zero-order valence-corrected chi connectivity index (χ0v) is 14.4. The lowest BCUT2D eigenvalue weighted by molar-refractivity contribution is -0.148. The van der Waals surface area contributed by atoms with Crippen LogP contribution in [0.1, 0.15) is 6.42 Å². The van der Waals surface area contributed by atoms with Crippen LogP contribution in [0.25, 0.3) is 0 Å². The molecule has 24 heavy (non-hydrogen) atoms. The van der Waals surface area contributed by atoms with Gasteiger partial charge in [-0.25, -0.2) is 17.9 Å². The maximum atomic E-state index is 12.1. The van der Waals surface area contributed by atoms with Crippen molar-refractivity contribution in [2.45, 2.75) is 11.3 Å². The molecule has 132 valence electrons. The molecule has 0 aliphatic heterocycles. The Hall–Kier alpha value is -1.88. The summed E-state index contributed by atoms with van der Waals surface area (Å²) in [5.41, 5.74) is 4.70. The Morgan fingerprint density at radius 2 is 1.75 bits per heavy atom. The minimum absolute atomic E-state index is 0.0688. The summed E-state index contributed by atoms with van der Waals surface area (Å²) in [4.78, 5) is 32.5. The zero-order chi connectivity index (χ0) is 18.3. The van der Waals surface area contributed by atoms with Gasteiger partial charge in [-0.05, 0) is 12.1 Å². The molecule has 0 aromatic heterocycles. The van der Waals surface area contributed by atoms with Gasteiger partial charge in [-0.2, -0.15) is 0 Å². The van der Waals surface area contributed by atoms with Gasteiger partial charge in [0.1, 0.15) is 4.90 Å². The molecule has 9 nitrogen and oxygen atoms in total. The lowest BCUT2D eigenvalue weighted by Crippen LogP contribution is -2.38. The first kappa shape index (κ1) is 20.2. The second-order valence-corrected chi connectivity index (χ2v) is 6.79. The molecule has 0 aliphatic carbocycles. The van der Waals surface area contributed by atoms with Crippen molar-refractivity contribution in [1.82, 2.24) is 10.0 Å². The molecule has 0 bridgehead atoms. The van der Waals surface area contributed by atoms with Crippen LogP contribution in [0.5, 0.6) is 0 Å². The van der Waals surface area contributed by atoms with Gasteiger partial charge in [0.2, 0.25) is 10.0 Å². The average molecular weight is 398 g/mol. The van der Waals surface area contributed by atoms with Crippen molar-refractivity contribution >= 4 is 51.1 Å². The molecule has 3 amide bonds. The third-order valence-corrected chi connectivity index (χ3v) is 4.85. The van der Waals surface area contributed by atoms with E-state index in [1.807, 2.05) is 0 Å². The topological polar surface area (TPSA) is 145 Å². The van der Waals surface area contributed by atoms with Gasteiger partial charge in [-0.1, -0.05) is 29.3 Å². The maximum absolute atomic E-state index is 12.1. The quantitative estimate of drug-likeness (QED) is 0.567. The average Bonchev–Trinajstić information content (AvgIpc) is 2.43. The second kappa shape index (κ2) is 8.83. The van der Waals surface area contributed by atoms with Crippen molar-refractivity contribution in [3.63, 3.8) is 0 Å². The summed E-state index contributed by atoms with van der Waals surface area (Å²) in [5.74, 6) is -1.76. The molecule has 0 unspecified atom stereocenters. The standard InChI is InChI=1S/C12H13Cl2N3O6S/c13-7-2-1-3-8(14)11(7)24(21,22)16-5-4-10(19)23-6-9(18)17-12(15)20/h1-3,16H,4-6H2,(H3,15,17,18,20). The molecule has 0 saturated heterocycles. The van der Waals surface area contributed by atoms with Gasteiger partial charge in [0.25, 0.3) is 5.91 Å². The number of urea groups is 1. The molecule has 0 aliphatic rings. The van der Waals surface area contributed by atoms with Crippen LogP contribution >= 0.6 is 23.2 Å². The number of primary amides is 1. The Balaban J connectivity index is 2.50.